The molecule has 0 saturated heterocycles. The van der Waals surface area contributed by atoms with Gasteiger partial charge in [-0.25, -0.2) is 0 Å². The van der Waals surface area contributed by atoms with Gasteiger partial charge in [0.2, 0.25) is 12.6 Å². The molecular formula is C20H19Cl2NO5. The normalized spacial score (nSPS) is 21.5. The van der Waals surface area contributed by atoms with E-state index in [0.717, 1.165) is 17.1 Å². The Morgan fingerprint density at radius 2 is 1.86 bits per heavy atom. The lowest BCUT2D eigenvalue weighted by Crippen LogP contribution is -2.24. The van der Waals surface area contributed by atoms with Crippen LogP contribution >= 0.6 is 23.2 Å². The molecule has 6 nitrogen and oxygen atoms in total. The molecule has 28 heavy (non-hydrogen) atoms. The second kappa shape index (κ2) is 6.42. The number of alkyl halides is 2. The van der Waals surface area contributed by atoms with Gasteiger partial charge < -0.3 is 18.8 Å². The number of rotatable bonds is 5. The van der Waals surface area contributed by atoms with Crippen LogP contribution in [0, 0.1) is 19.3 Å². The number of hydrogen-bond donors (Lipinski definition) is 0. The van der Waals surface area contributed by atoms with E-state index in [2.05, 4.69) is 0 Å². The third kappa shape index (κ3) is 2.95. The summed E-state index contributed by atoms with van der Waals surface area (Å²) in [7, 11) is 0. The zero-order chi connectivity index (χ0) is 20.3. The minimum atomic E-state index is -1.12. The van der Waals surface area contributed by atoms with Crippen molar-refractivity contribution in [1.29, 1.82) is 0 Å². The molecule has 1 fully saturated rings. The molecule has 1 saturated carbocycles. The van der Waals surface area contributed by atoms with Crippen molar-refractivity contribution < 1.29 is 23.8 Å². The first-order valence-corrected chi connectivity index (χ1v) is 9.57. The van der Waals surface area contributed by atoms with Crippen LogP contribution in [0.25, 0.3) is 5.69 Å². The number of ether oxygens (including phenoxy) is 3. The van der Waals surface area contributed by atoms with E-state index < -0.39 is 15.7 Å². The molecular weight excluding hydrogens is 405 g/mol. The fourth-order valence-corrected chi connectivity index (χ4v) is 4.15. The van der Waals surface area contributed by atoms with Crippen molar-refractivity contribution in [2.75, 3.05) is 13.4 Å². The number of hydrogen-bond acceptors (Lipinski definition) is 5. The summed E-state index contributed by atoms with van der Waals surface area (Å²) in [6.07, 6.45) is 0.314. The Labute approximate surface area is 172 Å². The molecule has 0 bridgehead atoms. The van der Waals surface area contributed by atoms with Gasteiger partial charge in [-0.3, -0.25) is 9.59 Å². The largest absolute Gasteiger partial charge is 0.457 e. The van der Waals surface area contributed by atoms with E-state index in [4.69, 9.17) is 37.4 Å². The number of esters is 1. The van der Waals surface area contributed by atoms with E-state index >= 15 is 0 Å². The number of halogens is 2. The molecule has 4 rings (SSSR count). The van der Waals surface area contributed by atoms with Gasteiger partial charge >= 0.3 is 5.97 Å². The third-order valence-electron chi connectivity index (χ3n) is 5.39. The Bertz CT molecular complexity index is 997. The van der Waals surface area contributed by atoms with Gasteiger partial charge in [0.1, 0.15) is 9.75 Å². The lowest BCUT2D eigenvalue weighted by atomic mass is 10.1. The number of ketones is 1. The quantitative estimate of drug-likeness (QED) is 0.410. The van der Waals surface area contributed by atoms with Crippen LogP contribution in [-0.2, 0) is 9.53 Å². The molecule has 1 atom stereocenters. The van der Waals surface area contributed by atoms with Crippen LogP contribution in [0.1, 0.15) is 35.1 Å². The molecule has 1 aliphatic heterocycles. The number of carbonyl (C=O) groups excluding carboxylic acids is 2. The zero-order valence-electron chi connectivity index (χ0n) is 15.7. The summed E-state index contributed by atoms with van der Waals surface area (Å²) >= 11 is 12.0. The highest BCUT2D eigenvalue weighted by atomic mass is 35.5. The van der Waals surface area contributed by atoms with Crippen molar-refractivity contribution >= 4 is 35.0 Å². The second-order valence-corrected chi connectivity index (χ2v) is 8.85. The molecule has 1 aromatic heterocycles. The maximum Gasteiger partial charge on any atom is 0.315 e. The summed E-state index contributed by atoms with van der Waals surface area (Å²) in [5.41, 5.74) is 2.02. The summed E-state index contributed by atoms with van der Waals surface area (Å²) in [5, 5.41) is 0. The monoisotopic (exact) mass is 423 g/mol. The molecule has 2 heterocycles. The number of carbonyl (C=O) groups is 2. The number of aromatic nitrogens is 1. The predicted octanol–water partition coefficient (Wildman–Crippen LogP) is 4.13. The number of aryl methyl sites for hydroxylation is 1. The van der Waals surface area contributed by atoms with E-state index in [-0.39, 0.29) is 19.2 Å². The molecule has 8 heteroatoms. The zero-order valence-corrected chi connectivity index (χ0v) is 17.2. The average molecular weight is 424 g/mol. The standard InChI is InChI=1S/C20H19Cl2NO5/c1-11-6-14(15(24)8-26-18(25)19(3)9-20(19,21)22)12(2)23(11)13-4-5-16-17(7-13)28-10-27-16/h4-7H,8-10H2,1-3H3/t19-/m0/s1. The van der Waals surface area contributed by atoms with Crippen molar-refractivity contribution in [2.45, 2.75) is 31.5 Å². The van der Waals surface area contributed by atoms with Crippen LogP contribution in [0.2, 0.25) is 0 Å². The lowest BCUT2D eigenvalue weighted by molar-refractivity contribution is -0.148. The SMILES string of the molecule is Cc1cc(C(=O)COC(=O)[C@]2(C)CC2(Cl)Cl)c(C)n1-c1ccc2c(c1)OCO2. The van der Waals surface area contributed by atoms with E-state index in [0.29, 0.717) is 23.5 Å². The smallest absolute Gasteiger partial charge is 0.315 e. The summed E-state index contributed by atoms with van der Waals surface area (Å²) in [6, 6.07) is 7.38. The Morgan fingerprint density at radius 3 is 2.54 bits per heavy atom. The molecule has 0 radical (unpaired) electrons. The van der Waals surface area contributed by atoms with E-state index in [1.54, 1.807) is 13.0 Å². The molecule has 1 aliphatic carbocycles. The topological polar surface area (TPSA) is 66.8 Å². The molecule has 0 amide bonds. The highest BCUT2D eigenvalue weighted by Crippen LogP contribution is 2.64. The molecule has 2 aromatic rings. The van der Waals surface area contributed by atoms with Crippen LogP contribution in [0.3, 0.4) is 0 Å². The first-order chi connectivity index (χ1) is 13.1. The van der Waals surface area contributed by atoms with Gasteiger partial charge in [-0.2, -0.15) is 0 Å². The molecule has 0 spiro atoms. The van der Waals surface area contributed by atoms with Gasteiger partial charge in [0.25, 0.3) is 0 Å². The van der Waals surface area contributed by atoms with Gasteiger partial charge in [0.05, 0.1) is 0 Å². The fourth-order valence-electron chi connectivity index (χ4n) is 3.46. The number of nitrogens with zero attached hydrogens (tertiary/aromatic N) is 1. The molecule has 148 valence electrons. The number of Topliss-reactive ketones (excluding diaryl/α,β-unsaturated/α-hetero) is 1. The first kappa shape index (κ1) is 19.2. The van der Waals surface area contributed by atoms with Gasteiger partial charge in [-0.15, -0.1) is 23.2 Å². The summed E-state index contributed by atoms with van der Waals surface area (Å²) in [4.78, 5) is 24.9. The Kier molecular flexibility index (Phi) is 4.39. The minimum absolute atomic E-state index is 0.197. The molecule has 2 aliphatic rings. The van der Waals surface area contributed by atoms with Crippen molar-refractivity contribution in [2.24, 2.45) is 5.41 Å². The van der Waals surface area contributed by atoms with Crippen LogP contribution in [0.4, 0.5) is 0 Å². The maximum absolute atomic E-state index is 12.7. The molecule has 0 N–H and O–H groups in total. The summed E-state index contributed by atoms with van der Waals surface area (Å²) in [5.74, 6) is 0.510. The molecule has 1 aromatic carbocycles. The summed E-state index contributed by atoms with van der Waals surface area (Å²) in [6.45, 7) is 5.22. The predicted molar refractivity (Wildman–Crippen MR) is 104 cm³/mol. The van der Waals surface area contributed by atoms with Crippen molar-refractivity contribution in [3.05, 3.63) is 41.2 Å². The number of benzene rings is 1. The Morgan fingerprint density at radius 1 is 1.18 bits per heavy atom. The van der Waals surface area contributed by atoms with Crippen LogP contribution in [0.15, 0.2) is 24.3 Å². The minimum Gasteiger partial charge on any atom is -0.457 e. The Balaban J connectivity index is 1.52. The number of fused-ring (bicyclic) bond motifs is 1. The van der Waals surface area contributed by atoms with E-state index in [1.165, 1.54) is 0 Å². The van der Waals surface area contributed by atoms with Crippen LogP contribution in [0.5, 0.6) is 11.5 Å². The first-order valence-electron chi connectivity index (χ1n) is 8.81. The highest BCUT2D eigenvalue weighted by molar-refractivity contribution is 6.53. The van der Waals surface area contributed by atoms with Gasteiger partial charge in [-0.05, 0) is 39.0 Å². The van der Waals surface area contributed by atoms with Crippen LogP contribution < -0.4 is 9.47 Å². The van der Waals surface area contributed by atoms with Crippen LogP contribution in [-0.4, -0.2) is 34.1 Å². The lowest BCUT2D eigenvalue weighted by Gasteiger charge is -2.12. The summed E-state index contributed by atoms with van der Waals surface area (Å²) < 4.78 is 16.8. The fraction of sp³-hybridized carbons (Fsp3) is 0.400. The van der Waals surface area contributed by atoms with Crippen molar-refractivity contribution in [3.63, 3.8) is 0 Å². The van der Waals surface area contributed by atoms with Gasteiger partial charge in [0.15, 0.2) is 18.1 Å². The molecule has 0 unspecified atom stereocenters. The second-order valence-electron chi connectivity index (χ2n) is 7.37. The Hall–Kier alpha value is -2.18. The van der Waals surface area contributed by atoms with E-state index in [9.17, 15) is 9.59 Å². The van der Waals surface area contributed by atoms with Gasteiger partial charge in [0, 0.05) is 35.1 Å². The van der Waals surface area contributed by atoms with E-state index in [1.807, 2.05) is 36.6 Å². The van der Waals surface area contributed by atoms with Crippen molar-refractivity contribution in [1.82, 2.24) is 4.57 Å². The average Bonchev–Trinajstić information content (AvgIpc) is 2.98. The van der Waals surface area contributed by atoms with Crippen molar-refractivity contribution in [3.8, 4) is 17.2 Å². The third-order valence-corrected chi connectivity index (χ3v) is 6.49. The highest BCUT2D eigenvalue weighted by Gasteiger charge is 2.69. The maximum atomic E-state index is 12.7. The van der Waals surface area contributed by atoms with Gasteiger partial charge in [-0.1, -0.05) is 0 Å².